The third-order valence-electron chi connectivity index (χ3n) is 13.4. The second-order valence-corrected chi connectivity index (χ2v) is 17.8. The van der Waals surface area contributed by atoms with Crippen LogP contribution in [0.3, 0.4) is 0 Å². The SMILES string of the molecule is Cc1ccc(-c2ccc3c(c2)c2ccccc2n3-c2ccc(C#N)cc2-c2cc(-c3ccc(C#N)cc3C(F)(F)F)ccc2-n2c3ccccc3c3cc(-c4ccc(C)cc4C)ccc32)c(C)c1. The van der Waals surface area contributed by atoms with Crippen LogP contribution in [0.2, 0.25) is 0 Å². The van der Waals surface area contributed by atoms with Crippen LogP contribution in [0.15, 0.2) is 176 Å². The number of para-hydroxylation sites is 2. The van der Waals surface area contributed by atoms with Gasteiger partial charge in [-0.1, -0.05) is 108 Å². The molecule has 0 unspecified atom stereocenters. The highest BCUT2D eigenvalue weighted by Gasteiger charge is 2.34. The zero-order valence-electron chi connectivity index (χ0n) is 37.7. The van der Waals surface area contributed by atoms with Crippen molar-refractivity contribution in [2.24, 2.45) is 0 Å². The summed E-state index contributed by atoms with van der Waals surface area (Å²) in [6.45, 7) is 8.43. The number of aromatic nitrogens is 2. The minimum Gasteiger partial charge on any atom is -0.309 e. The standard InChI is InChI=1S/C61H41F3N4/c1-36-13-20-45(38(3)27-36)42-17-24-58-51(31-42)48-9-5-7-11-55(48)67(58)57-23-16-40(34-65)29-50(57)53-33-44(47-22-15-41(35-66)30-54(47)61(62,63)64)19-26-60(53)68-56-12-8-6-10-49(56)52-32-43(18-25-59(52)68)46-21-14-37(2)28-39(46)4/h5-33H,1-4H3. The molecule has 0 saturated carbocycles. The van der Waals surface area contributed by atoms with Crippen LogP contribution in [0, 0.1) is 50.4 Å². The van der Waals surface area contributed by atoms with Gasteiger partial charge in [0.2, 0.25) is 0 Å². The Labute approximate surface area is 391 Å². The van der Waals surface area contributed by atoms with Crippen LogP contribution in [-0.2, 0) is 6.18 Å². The summed E-state index contributed by atoms with van der Waals surface area (Å²) in [5.74, 6) is 0. The van der Waals surface area contributed by atoms with E-state index in [9.17, 15) is 23.7 Å². The average molecular weight is 887 g/mol. The van der Waals surface area contributed by atoms with Gasteiger partial charge in [-0.25, -0.2) is 0 Å². The van der Waals surface area contributed by atoms with Gasteiger partial charge in [-0.15, -0.1) is 0 Å². The first-order chi connectivity index (χ1) is 32.9. The largest absolute Gasteiger partial charge is 0.417 e. The smallest absolute Gasteiger partial charge is 0.309 e. The Bertz CT molecular complexity index is 3980. The van der Waals surface area contributed by atoms with Crippen LogP contribution >= 0.6 is 0 Å². The number of rotatable bonds is 6. The molecule has 0 N–H and O–H groups in total. The molecule has 0 amide bonds. The fraction of sp³-hybridized carbons (Fsp3) is 0.0820. The molecule has 11 rings (SSSR count). The van der Waals surface area contributed by atoms with E-state index in [0.717, 1.165) is 83.3 Å². The van der Waals surface area contributed by atoms with Crippen molar-refractivity contribution in [1.82, 2.24) is 9.13 Å². The van der Waals surface area contributed by atoms with E-state index in [-0.39, 0.29) is 11.1 Å². The van der Waals surface area contributed by atoms with Gasteiger partial charge in [-0.2, -0.15) is 23.7 Å². The van der Waals surface area contributed by atoms with Gasteiger partial charge in [0, 0.05) is 32.7 Å². The first-order valence-corrected chi connectivity index (χ1v) is 22.4. The Hall–Kier alpha value is -8.65. The molecule has 68 heavy (non-hydrogen) atoms. The zero-order valence-corrected chi connectivity index (χ0v) is 37.7. The predicted octanol–water partition coefficient (Wildman–Crippen LogP) is 16.5. The van der Waals surface area contributed by atoms with Crippen LogP contribution < -0.4 is 0 Å². The van der Waals surface area contributed by atoms with E-state index >= 15 is 0 Å². The van der Waals surface area contributed by atoms with Crippen LogP contribution in [0.1, 0.15) is 38.9 Å². The molecule has 0 radical (unpaired) electrons. The number of nitriles is 2. The van der Waals surface area contributed by atoms with Crippen molar-refractivity contribution in [2.45, 2.75) is 33.9 Å². The van der Waals surface area contributed by atoms with Gasteiger partial charge in [0.25, 0.3) is 0 Å². The van der Waals surface area contributed by atoms with Gasteiger partial charge in [0.1, 0.15) is 0 Å². The number of benzene rings is 9. The molecule has 0 aliphatic rings. The highest BCUT2D eigenvalue weighted by Crippen LogP contribution is 2.46. The van der Waals surface area contributed by atoms with Crippen molar-refractivity contribution in [3.05, 3.63) is 215 Å². The summed E-state index contributed by atoms with van der Waals surface area (Å²) < 4.78 is 49.4. The number of hydrogen-bond donors (Lipinski definition) is 0. The second-order valence-electron chi connectivity index (χ2n) is 17.8. The van der Waals surface area contributed by atoms with E-state index < -0.39 is 11.7 Å². The molecule has 4 nitrogen and oxygen atoms in total. The summed E-state index contributed by atoms with van der Waals surface area (Å²) in [5.41, 5.74) is 15.3. The van der Waals surface area contributed by atoms with Crippen molar-refractivity contribution >= 4 is 43.6 Å². The van der Waals surface area contributed by atoms with Gasteiger partial charge in [-0.05, 0) is 151 Å². The summed E-state index contributed by atoms with van der Waals surface area (Å²) >= 11 is 0. The molecule has 9 aromatic carbocycles. The number of nitrogens with zero attached hydrogens (tertiary/aromatic N) is 4. The highest BCUT2D eigenvalue weighted by atomic mass is 19.4. The maximum absolute atomic E-state index is 15.0. The van der Waals surface area contributed by atoms with Gasteiger partial charge in [0.05, 0.1) is 62.3 Å². The number of halogens is 3. The van der Waals surface area contributed by atoms with Gasteiger partial charge >= 0.3 is 6.18 Å². The third kappa shape index (κ3) is 6.91. The molecule has 0 saturated heterocycles. The summed E-state index contributed by atoms with van der Waals surface area (Å²) in [6.07, 6.45) is -4.74. The van der Waals surface area contributed by atoms with E-state index in [1.165, 1.54) is 34.4 Å². The lowest BCUT2D eigenvalue weighted by Gasteiger charge is -2.21. The summed E-state index contributed by atoms with van der Waals surface area (Å²) in [5, 5.41) is 24.3. The monoisotopic (exact) mass is 886 g/mol. The number of fused-ring (bicyclic) bond motifs is 6. The summed E-state index contributed by atoms with van der Waals surface area (Å²) in [7, 11) is 0. The fourth-order valence-corrected chi connectivity index (χ4v) is 10.3. The fourth-order valence-electron chi connectivity index (χ4n) is 10.3. The first-order valence-electron chi connectivity index (χ1n) is 22.4. The van der Waals surface area contributed by atoms with E-state index in [0.29, 0.717) is 22.3 Å². The Balaban J connectivity index is 1.23. The Morgan fingerprint density at radius 3 is 1.32 bits per heavy atom. The van der Waals surface area contributed by atoms with E-state index in [1.54, 1.807) is 12.1 Å². The van der Waals surface area contributed by atoms with Crippen molar-refractivity contribution in [2.75, 3.05) is 0 Å². The molecular formula is C61H41F3N4. The Morgan fingerprint density at radius 2 is 0.809 bits per heavy atom. The maximum Gasteiger partial charge on any atom is 0.417 e. The summed E-state index contributed by atoms with van der Waals surface area (Å²) in [6, 6.07) is 61.3. The second kappa shape index (κ2) is 16.0. The number of hydrogen-bond acceptors (Lipinski definition) is 2. The van der Waals surface area contributed by atoms with Gasteiger partial charge in [0.15, 0.2) is 0 Å². The van der Waals surface area contributed by atoms with Crippen molar-refractivity contribution in [3.63, 3.8) is 0 Å². The number of aryl methyl sites for hydroxylation is 4. The molecule has 0 aliphatic carbocycles. The van der Waals surface area contributed by atoms with E-state index in [1.807, 2.05) is 54.6 Å². The minimum atomic E-state index is -4.74. The van der Waals surface area contributed by atoms with Crippen LogP contribution in [0.5, 0.6) is 0 Å². The molecule has 2 aromatic heterocycles. The topological polar surface area (TPSA) is 57.4 Å². The normalized spacial score (nSPS) is 11.7. The lowest BCUT2D eigenvalue weighted by atomic mass is 9.92. The minimum absolute atomic E-state index is 0.0570. The van der Waals surface area contributed by atoms with Gasteiger partial charge in [-0.3, -0.25) is 0 Å². The van der Waals surface area contributed by atoms with Crippen molar-refractivity contribution in [1.29, 1.82) is 10.5 Å². The average Bonchev–Trinajstić information content (AvgIpc) is 3.85. The molecule has 0 aliphatic heterocycles. The summed E-state index contributed by atoms with van der Waals surface area (Å²) in [4.78, 5) is 0. The molecular weight excluding hydrogens is 846 g/mol. The lowest BCUT2D eigenvalue weighted by Crippen LogP contribution is -2.08. The van der Waals surface area contributed by atoms with E-state index in [2.05, 4.69) is 140 Å². The van der Waals surface area contributed by atoms with Gasteiger partial charge < -0.3 is 9.13 Å². The van der Waals surface area contributed by atoms with Crippen molar-refractivity contribution in [3.8, 4) is 68.0 Å². The van der Waals surface area contributed by atoms with Crippen LogP contribution in [0.25, 0.3) is 99.5 Å². The maximum atomic E-state index is 15.0. The number of alkyl halides is 3. The van der Waals surface area contributed by atoms with E-state index in [4.69, 9.17) is 0 Å². The molecule has 7 heteroatoms. The van der Waals surface area contributed by atoms with Crippen LogP contribution in [0.4, 0.5) is 13.2 Å². The molecule has 0 fully saturated rings. The van der Waals surface area contributed by atoms with Crippen molar-refractivity contribution < 1.29 is 13.2 Å². The lowest BCUT2D eigenvalue weighted by molar-refractivity contribution is -0.137. The highest BCUT2D eigenvalue weighted by molar-refractivity contribution is 6.13. The molecule has 326 valence electrons. The predicted molar refractivity (Wildman–Crippen MR) is 270 cm³/mol. The third-order valence-corrected chi connectivity index (χ3v) is 13.4. The molecule has 11 aromatic rings. The van der Waals surface area contributed by atoms with Crippen LogP contribution in [-0.4, -0.2) is 9.13 Å². The molecule has 0 bridgehead atoms. The zero-order chi connectivity index (χ0) is 47.0. The molecule has 0 spiro atoms. The Kier molecular flexibility index (Phi) is 9.92. The first kappa shape index (κ1) is 42.0. The molecule has 2 heterocycles. The Morgan fingerprint density at radius 1 is 0.382 bits per heavy atom. The quantitative estimate of drug-likeness (QED) is 0.167. The molecule has 0 atom stereocenters.